The van der Waals surface area contributed by atoms with Crippen LogP contribution < -0.4 is 0 Å². The van der Waals surface area contributed by atoms with Gasteiger partial charge in [0.2, 0.25) is 0 Å². The van der Waals surface area contributed by atoms with E-state index in [0.29, 0.717) is 0 Å². The molecule has 0 spiro atoms. The molecule has 0 bridgehead atoms. The fourth-order valence-electron chi connectivity index (χ4n) is 2.48. The maximum atomic E-state index is 2.34. The molecular formula is C15H24. The van der Waals surface area contributed by atoms with Crippen LogP contribution in [0, 0.1) is 5.92 Å². The molecule has 0 N–H and O–H groups in total. The lowest BCUT2D eigenvalue weighted by Crippen LogP contribution is -2.14. The first-order chi connectivity index (χ1) is 7.29. The summed E-state index contributed by atoms with van der Waals surface area (Å²) in [6.45, 7) is 8.68. The Morgan fingerprint density at radius 3 is 2.47 bits per heavy atom. The van der Waals surface area contributed by atoms with Gasteiger partial charge in [-0.1, -0.05) is 52.0 Å². The highest BCUT2D eigenvalue weighted by atomic mass is 14.3. The molecule has 1 aliphatic rings. The van der Waals surface area contributed by atoms with Crippen molar-refractivity contribution in [3.05, 3.63) is 35.4 Å². The van der Waals surface area contributed by atoms with Crippen molar-refractivity contribution in [1.82, 2.24) is 0 Å². The topological polar surface area (TPSA) is 0 Å². The molecule has 0 fully saturated rings. The monoisotopic (exact) mass is 204 g/mol. The lowest BCUT2D eigenvalue weighted by atomic mass is 9.77. The van der Waals surface area contributed by atoms with E-state index in [4.69, 9.17) is 0 Å². The molecule has 1 aromatic rings. The summed E-state index contributed by atoms with van der Waals surface area (Å²) in [5.41, 5.74) is 3.20. The highest BCUT2D eigenvalue weighted by Crippen LogP contribution is 2.36. The maximum Gasteiger partial charge on any atom is -0.0136 e. The first kappa shape index (κ1) is 12.3. The third-order valence-electron chi connectivity index (χ3n) is 3.22. The van der Waals surface area contributed by atoms with Crippen LogP contribution in [0.2, 0.25) is 0 Å². The minimum absolute atomic E-state index is 0.793. The van der Waals surface area contributed by atoms with E-state index in [1.54, 1.807) is 11.1 Å². The third-order valence-corrected chi connectivity index (χ3v) is 3.22. The second-order valence-electron chi connectivity index (χ2n) is 4.44. The van der Waals surface area contributed by atoms with Crippen LogP contribution in [0.1, 0.15) is 57.6 Å². The van der Waals surface area contributed by atoms with Crippen molar-refractivity contribution in [2.24, 2.45) is 5.92 Å². The Kier molecular flexibility index (Phi) is 4.87. The Balaban J connectivity index is 0.000000531. The average molecular weight is 204 g/mol. The van der Waals surface area contributed by atoms with Gasteiger partial charge < -0.3 is 0 Å². The molecule has 1 atom stereocenters. The molecule has 0 heteroatoms. The fraction of sp³-hybridized carbons (Fsp3) is 0.600. The second kappa shape index (κ2) is 5.95. The van der Waals surface area contributed by atoms with Gasteiger partial charge in [0.05, 0.1) is 0 Å². The zero-order chi connectivity index (χ0) is 11.3. The van der Waals surface area contributed by atoms with Crippen molar-refractivity contribution in [3.63, 3.8) is 0 Å². The van der Waals surface area contributed by atoms with E-state index in [-0.39, 0.29) is 0 Å². The lowest BCUT2D eigenvalue weighted by molar-refractivity contribution is 0.433. The molecule has 0 unspecified atom stereocenters. The lowest BCUT2D eigenvalue weighted by Gasteiger charge is -2.28. The van der Waals surface area contributed by atoms with Gasteiger partial charge in [-0.25, -0.2) is 0 Å². The van der Waals surface area contributed by atoms with Crippen molar-refractivity contribution in [1.29, 1.82) is 0 Å². The zero-order valence-corrected chi connectivity index (χ0v) is 10.6. The van der Waals surface area contributed by atoms with Crippen molar-refractivity contribution in [2.45, 2.75) is 52.9 Å². The SMILES string of the molecule is CC.CC(C)[C@H]1CCCc2ccccc21. The smallest absolute Gasteiger partial charge is 0.0136 e. The third kappa shape index (κ3) is 2.84. The molecule has 0 aromatic heterocycles. The van der Waals surface area contributed by atoms with Crippen molar-refractivity contribution in [2.75, 3.05) is 0 Å². The van der Waals surface area contributed by atoms with Gasteiger partial charge in [-0.15, -0.1) is 0 Å². The molecule has 0 radical (unpaired) electrons. The van der Waals surface area contributed by atoms with Crippen LogP contribution in [0.3, 0.4) is 0 Å². The summed E-state index contributed by atoms with van der Waals surface area (Å²) in [6, 6.07) is 8.96. The van der Waals surface area contributed by atoms with E-state index >= 15 is 0 Å². The highest BCUT2D eigenvalue weighted by Gasteiger charge is 2.21. The number of hydrogen-bond acceptors (Lipinski definition) is 0. The van der Waals surface area contributed by atoms with E-state index < -0.39 is 0 Å². The molecule has 0 saturated carbocycles. The summed E-state index contributed by atoms with van der Waals surface area (Å²) in [7, 11) is 0. The van der Waals surface area contributed by atoms with E-state index in [1.165, 1.54) is 19.3 Å². The second-order valence-corrected chi connectivity index (χ2v) is 4.44. The molecule has 1 aliphatic carbocycles. The van der Waals surface area contributed by atoms with E-state index in [0.717, 1.165) is 11.8 Å². The summed E-state index contributed by atoms with van der Waals surface area (Å²) in [5.74, 6) is 1.60. The Hall–Kier alpha value is -0.780. The molecule has 0 aliphatic heterocycles. The number of rotatable bonds is 1. The van der Waals surface area contributed by atoms with E-state index in [2.05, 4.69) is 38.1 Å². The predicted molar refractivity (Wildman–Crippen MR) is 68.3 cm³/mol. The normalized spacial score (nSPS) is 19.1. The molecule has 0 amide bonds. The summed E-state index contributed by atoms with van der Waals surface area (Å²) in [4.78, 5) is 0. The molecule has 15 heavy (non-hydrogen) atoms. The molecule has 0 saturated heterocycles. The van der Waals surface area contributed by atoms with Crippen LogP contribution in [-0.2, 0) is 6.42 Å². The quantitative estimate of drug-likeness (QED) is 0.617. The van der Waals surface area contributed by atoms with Crippen LogP contribution in [0.25, 0.3) is 0 Å². The van der Waals surface area contributed by atoms with Crippen LogP contribution in [0.15, 0.2) is 24.3 Å². The van der Waals surface area contributed by atoms with Gasteiger partial charge in [0.25, 0.3) is 0 Å². The van der Waals surface area contributed by atoms with Crippen molar-refractivity contribution >= 4 is 0 Å². The standard InChI is InChI=1S/C13H18.C2H6/c1-10(2)12-9-5-7-11-6-3-4-8-13(11)12;1-2/h3-4,6,8,10,12H,5,7,9H2,1-2H3;1-2H3/t12-;/m1./s1. The molecule has 1 aromatic carbocycles. The van der Waals surface area contributed by atoms with Gasteiger partial charge in [-0.3, -0.25) is 0 Å². The van der Waals surface area contributed by atoms with Gasteiger partial charge >= 0.3 is 0 Å². The summed E-state index contributed by atoms with van der Waals surface area (Å²) in [5, 5.41) is 0. The molecular weight excluding hydrogens is 180 g/mol. The van der Waals surface area contributed by atoms with Crippen molar-refractivity contribution < 1.29 is 0 Å². The largest absolute Gasteiger partial charge is 0.0683 e. The Morgan fingerprint density at radius 1 is 1.13 bits per heavy atom. The van der Waals surface area contributed by atoms with Gasteiger partial charge in [-0.2, -0.15) is 0 Å². The van der Waals surface area contributed by atoms with Gasteiger partial charge in [-0.05, 0) is 42.2 Å². The average Bonchev–Trinajstić information content (AvgIpc) is 2.31. The van der Waals surface area contributed by atoms with Crippen LogP contribution in [0.4, 0.5) is 0 Å². The van der Waals surface area contributed by atoms with Crippen LogP contribution >= 0.6 is 0 Å². The van der Waals surface area contributed by atoms with Crippen molar-refractivity contribution in [3.8, 4) is 0 Å². The van der Waals surface area contributed by atoms with E-state index in [1.807, 2.05) is 13.8 Å². The number of hydrogen-bond donors (Lipinski definition) is 0. The summed E-state index contributed by atoms with van der Waals surface area (Å²) < 4.78 is 0. The minimum atomic E-state index is 0.793. The molecule has 2 rings (SSSR count). The summed E-state index contributed by atoms with van der Waals surface area (Å²) in [6.07, 6.45) is 4.05. The zero-order valence-electron chi connectivity index (χ0n) is 10.6. The van der Waals surface area contributed by atoms with Crippen LogP contribution in [0.5, 0.6) is 0 Å². The number of fused-ring (bicyclic) bond motifs is 1. The first-order valence-corrected chi connectivity index (χ1v) is 6.37. The first-order valence-electron chi connectivity index (χ1n) is 6.37. The number of aryl methyl sites for hydroxylation is 1. The molecule has 0 heterocycles. The summed E-state index contributed by atoms with van der Waals surface area (Å²) >= 11 is 0. The van der Waals surface area contributed by atoms with Gasteiger partial charge in [0, 0.05) is 0 Å². The number of benzene rings is 1. The Morgan fingerprint density at radius 2 is 1.80 bits per heavy atom. The predicted octanol–water partition coefficient (Wildman–Crippen LogP) is 4.79. The Labute approximate surface area is 94.7 Å². The minimum Gasteiger partial charge on any atom is -0.0683 e. The molecule has 84 valence electrons. The fourth-order valence-corrected chi connectivity index (χ4v) is 2.48. The van der Waals surface area contributed by atoms with Gasteiger partial charge in [0.1, 0.15) is 0 Å². The molecule has 0 nitrogen and oxygen atoms in total. The van der Waals surface area contributed by atoms with E-state index in [9.17, 15) is 0 Å². The van der Waals surface area contributed by atoms with Gasteiger partial charge in [0.15, 0.2) is 0 Å². The Bertz CT molecular complexity index is 286. The maximum absolute atomic E-state index is 2.34. The van der Waals surface area contributed by atoms with Crippen LogP contribution in [-0.4, -0.2) is 0 Å². The highest BCUT2D eigenvalue weighted by molar-refractivity contribution is 5.32.